The molecule has 31 heavy (non-hydrogen) atoms. The van der Waals surface area contributed by atoms with Crippen LogP contribution in [0.4, 0.5) is 0 Å². The summed E-state index contributed by atoms with van der Waals surface area (Å²) in [4.78, 5) is 0. The fourth-order valence-corrected chi connectivity index (χ4v) is 8.70. The second kappa shape index (κ2) is 8.21. The second-order valence-electron chi connectivity index (χ2n) is 12.0. The van der Waals surface area contributed by atoms with Crippen LogP contribution in [0.3, 0.4) is 0 Å². The van der Waals surface area contributed by atoms with Crippen molar-refractivity contribution in [3.8, 4) is 0 Å². The SMILES string of the molecule is C[C@@]12CCC[C@H]1[C@@H]1CCC3CC(O[C@@H]4O[C@H](CO)[C@H](O)[C@H](O)[C@H]4O)CC[C@]3(C)[C@H]1CC2. The minimum absolute atomic E-state index is 0.0172. The van der Waals surface area contributed by atoms with Crippen molar-refractivity contribution in [2.45, 2.75) is 115 Å². The van der Waals surface area contributed by atoms with Crippen LogP contribution in [0.5, 0.6) is 0 Å². The van der Waals surface area contributed by atoms with E-state index in [1.165, 1.54) is 44.9 Å². The lowest BCUT2D eigenvalue weighted by atomic mass is 9.45. The predicted molar refractivity (Wildman–Crippen MR) is 115 cm³/mol. The Hall–Kier alpha value is -0.240. The van der Waals surface area contributed by atoms with Crippen molar-refractivity contribution in [3.63, 3.8) is 0 Å². The third-order valence-corrected chi connectivity index (χ3v) is 10.6. The first kappa shape index (κ1) is 22.5. The van der Waals surface area contributed by atoms with Gasteiger partial charge in [-0.15, -0.1) is 0 Å². The van der Waals surface area contributed by atoms with Crippen LogP contribution in [0.2, 0.25) is 0 Å². The molecule has 4 N–H and O–H groups in total. The number of ether oxygens (including phenoxy) is 2. The Morgan fingerprint density at radius 1 is 0.871 bits per heavy atom. The van der Waals surface area contributed by atoms with Crippen molar-refractivity contribution in [1.29, 1.82) is 0 Å². The average Bonchev–Trinajstić information content (AvgIpc) is 3.16. The van der Waals surface area contributed by atoms with Crippen LogP contribution in [0.15, 0.2) is 0 Å². The van der Waals surface area contributed by atoms with Crippen LogP contribution in [-0.2, 0) is 9.47 Å². The van der Waals surface area contributed by atoms with E-state index in [9.17, 15) is 20.4 Å². The fourth-order valence-electron chi connectivity index (χ4n) is 8.70. The molecule has 0 amide bonds. The summed E-state index contributed by atoms with van der Waals surface area (Å²) in [5.74, 6) is 3.27. The zero-order valence-electron chi connectivity index (χ0n) is 19.2. The summed E-state index contributed by atoms with van der Waals surface area (Å²) in [5.41, 5.74) is 0.968. The first-order valence-corrected chi connectivity index (χ1v) is 12.7. The third kappa shape index (κ3) is 3.60. The first-order valence-electron chi connectivity index (χ1n) is 12.7. The summed E-state index contributed by atoms with van der Waals surface area (Å²) in [6.07, 6.45) is 6.76. The Morgan fingerprint density at radius 2 is 1.68 bits per heavy atom. The number of aliphatic hydroxyl groups is 4. The lowest BCUT2D eigenvalue weighted by Crippen LogP contribution is -2.60. The number of aliphatic hydroxyl groups excluding tert-OH is 4. The van der Waals surface area contributed by atoms with E-state index in [1.807, 2.05) is 0 Å². The lowest BCUT2D eigenvalue weighted by Gasteiger charge is -2.60. The van der Waals surface area contributed by atoms with Gasteiger partial charge < -0.3 is 29.9 Å². The quantitative estimate of drug-likeness (QED) is 0.506. The molecule has 2 unspecified atom stereocenters. The molecule has 0 bridgehead atoms. The number of hydrogen-bond acceptors (Lipinski definition) is 6. The Morgan fingerprint density at radius 3 is 2.45 bits per heavy atom. The molecule has 4 saturated carbocycles. The van der Waals surface area contributed by atoms with Gasteiger partial charge in [-0.25, -0.2) is 0 Å². The molecule has 5 aliphatic rings. The highest BCUT2D eigenvalue weighted by molar-refractivity contribution is 5.07. The van der Waals surface area contributed by atoms with E-state index in [2.05, 4.69) is 13.8 Å². The molecule has 0 aromatic rings. The summed E-state index contributed by atoms with van der Waals surface area (Å²) in [6, 6.07) is 0. The lowest BCUT2D eigenvalue weighted by molar-refractivity contribution is -0.316. The number of rotatable bonds is 3. The van der Waals surface area contributed by atoms with Gasteiger partial charge in [-0.3, -0.25) is 0 Å². The predicted octanol–water partition coefficient (Wildman–Crippen LogP) is 2.60. The van der Waals surface area contributed by atoms with Crippen molar-refractivity contribution >= 4 is 0 Å². The minimum atomic E-state index is -1.37. The van der Waals surface area contributed by atoms with Crippen molar-refractivity contribution < 1.29 is 29.9 Å². The number of fused-ring (bicyclic) bond motifs is 5. The van der Waals surface area contributed by atoms with Crippen molar-refractivity contribution in [1.82, 2.24) is 0 Å². The average molecular weight is 439 g/mol. The Balaban J connectivity index is 1.25. The molecule has 0 aromatic heterocycles. The molecule has 1 aliphatic heterocycles. The van der Waals surface area contributed by atoms with Gasteiger partial charge in [-0.1, -0.05) is 20.3 Å². The smallest absolute Gasteiger partial charge is 0.186 e. The summed E-state index contributed by atoms with van der Waals surface area (Å²) >= 11 is 0. The third-order valence-electron chi connectivity index (χ3n) is 10.6. The topological polar surface area (TPSA) is 99.4 Å². The zero-order chi connectivity index (χ0) is 22.0. The molecule has 6 nitrogen and oxygen atoms in total. The van der Waals surface area contributed by atoms with Gasteiger partial charge in [-0.05, 0) is 92.3 Å². The van der Waals surface area contributed by atoms with E-state index >= 15 is 0 Å². The largest absolute Gasteiger partial charge is 0.394 e. The molecule has 1 heterocycles. The molecular formula is C25H42O6. The Bertz CT molecular complexity index is 656. The number of hydrogen-bond donors (Lipinski definition) is 4. The zero-order valence-corrected chi connectivity index (χ0v) is 19.2. The molecule has 12 atom stereocenters. The molecule has 4 aliphatic carbocycles. The standard InChI is InChI=1S/C25H42O6/c1-24-9-3-4-17(24)16-6-5-14-12-15(7-11-25(14,2)18(16)8-10-24)30-23-22(29)21(28)20(27)19(13-26)31-23/h14-23,26-29H,3-13H2,1-2H3/t14?,15?,16-,17-,18-,19+,20-,21-,22+,23+,24-,25-/m0/s1. The molecule has 0 aromatic carbocycles. The molecule has 1 saturated heterocycles. The highest BCUT2D eigenvalue weighted by Gasteiger charge is 2.58. The first-order chi connectivity index (χ1) is 14.8. The van der Waals surface area contributed by atoms with Gasteiger partial charge in [0.1, 0.15) is 24.4 Å². The van der Waals surface area contributed by atoms with Crippen molar-refractivity contribution in [2.24, 2.45) is 34.5 Å². The Kier molecular flexibility index (Phi) is 5.97. The molecule has 5 rings (SSSR count). The molecule has 0 spiro atoms. The van der Waals surface area contributed by atoms with Gasteiger partial charge in [0.2, 0.25) is 0 Å². The van der Waals surface area contributed by atoms with E-state index in [1.54, 1.807) is 0 Å². The van der Waals surface area contributed by atoms with E-state index in [-0.39, 0.29) is 6.10 Å². The van der Waals surface area contributed by atoms with Crippen molar-refractivity contribution in [3.05, 3.63) is 0 Å². The van der Waals surface area contributed by atoms with Gasteiger partial charge in [0.25, 0.3) is 0 Å². The second-order valence-corrected chi connectivity index (χ2v) is 12.0. The normalized spacial score (nSPS) is 57.1. The molecule has 0 radical (unpaired) electrons. The molecule has 5 fully saturated rings. The highest BCUT2D eigenvalue weighted by Crippen LogP contribution is 2.66. The maximum Gasteiger partial charge on any atom is 0.186 e. The van der Waals surface area contributed by atoms with Crippen molar-refractivity contribution in [2.75, 3.05) is 6.61 Å². The maximum absolute atomic E-state index is 10.4. The fraction of sp³-hybridized carbons (Fsp3) is 1.00. The van der Waals surface area contributed by atoms with Gasteiger partial charge in [-0.2, -0.15) is 0 Å². The molecular weight excluding hydrogens is 396 g/mol. The van der Waals surface area contributed by atoms with E-state index in [0.717, 1.165) is 37.0 Å². The monoisotopic (exact) mass is 438 g/mol. The van der Waals surface area contributed by atoms with E-state index in [0.29, 0.717) is 16.7 Å². The maximum atomic E-state index is 10.4. The Labute approximate surface area is 186 Å². The molecule has 178 valence electrons. The van der Waals surface area contributed by atoms with Gasteiger partial charge >= 0.3 is 0 Å². The highest BCUT2D eigenvalue weighted by atomic mass is 16.7. The van der Waals surface area contributed by atoms with E-state index in [4.69, 9.17) is 9.47 Å². The van der Waals surface area contributed by atoms with Gasteiger partial charge in [0.15, 0.2) is 6.29 Å². The van der Waals surface area contributed by atoms with Crippen LogP contribution >= 0.6 is 0 Å². The van der Waals surface area contributed by atoms with Crippen LogP contribution in [-0.4, -0.2) is 63.8 Å². The van der Waals surface area contributed by atoms with E-state index < -0.39 is 37.3 Å². The van der Waals surface area contributed by atoms with Crippen LogP contribution < -0.4 is 0 Å². The minimum Gasteiger partial charge on any atom is -0.394 e. The van der Waals surface area contributed by atoms with Crippen LogP contribution in [0.1, 0.15) is 78.1 Å². The molecule has 6 heteroatoms. The van der Waals surface area contributed by atoms with Crippen LogP contribution in [0.25, 0.3) is 0 Å². The van der Waals surface area contributed by atoms with Gasteiger partial charge in [0.05, 0.1) is 12.7 Å². The van der Waals surface area contributed by atoms with Gasteiger partial charge in [0, 0.05) is 0 Å². The van der Waals surface area contributed by atoms with Crippen LogP contribution in [0, 0.1) is 34.5 Å². The summed E-state index contributed by atoms with van der Waals surface area (Å²) < 4.78 is 11.8. The summed E-state index contributed by atoms with van der Waals surface area (Å²) in [5, 5.41) is 39.9. The summed E-state index contributed by atoms with van der Waals surface area (Å²) in [7, 11) is 0. The summed E-state index contributed by atoms with van der Waals surface area (Å²) in [6.45, 7) is 4.68.